The van der Waals surface area contributed by atoms with Crippen molar-refractivity contribution in [3.63, 3.8) is 0 Å². The maximum Gasteiger partial charge on any atom is 0.333 e. The van der Waals surface area contributed by atoms with Gasteiger partial charge in [-0.2, -0.15) is 0 Å². The van der Waals surface area contributed by atoms with Crippen molar-refractivity contribution in [1.29, 1.82) is 0 Å². The summed E-state index contributed by atoms with van der Waals surface area (Å²) in [4.78, 5) is 35.8. The molecule has 0 radical (unpaired) electrons. The summed E-state index contributed by atoms with van der Waals surface area (Å²) >= 11 is 6.03. The van der Waals surface area contributed by atoms with Crippen molar-refractivity contribution in [3.8, 4) is 0 Å². The number of nitro benzene ring substituents is 1. The van der Waals surface area contributed by atoms with Gasteiger partial charge in [0, 0.05) is 12.1 Å². The summed E-state index contributed by atoms with van der Waals surface area (Å²) in [6, 6.07) is 11.6. The fourth-order valence-electron chi connectivity index (χ4n) is 2.28. The summed E-state index contributed by atoms with van der Waals surface area (Å²) in [6.45, 7) is 0. The molecule has 2 aromatic carbocycles. The number of nitrogens with zero attached hydrogens (tertiary/aromatic N) is 2. The number of carbonyl (C=O) groups is 2. The van der Waals surface area contributed by atoms with Crippen LogP contribution in [0.2, 0.25) is 5.02 Å². The van der Waals surface area contributed by atoms with E-state index in [2.05, 4.69) is 5.32 Å². The van der Waals surface area contributed by atoms with Crippen LogP contribution < -0.4 is 10.2 Å². The number of hydrogen-bond donors (Lipinski definition) is 1. The van der Waals surface area contributed by atoms with Gasteiger partial charge in [0.1, 0.15) is 5.70 Å². The SMILES string of the molecule is O=C1N/C(=C\c2cccc([N+](=O)[O-])c2)C(=O)N1c1ccccc1Cl. The van der Waals surface area contributed by atoms with Gasteiger partial charge in [-0.1, -0.05) is 35.9 Å². The summed E-state index contributed by atoms with van der Waals surface area (Å²) < 4.78 is 0. The predicted molar refractivity (Wildman–Crippen MR) is 88.5 cm³/mol. The predicted octanol–water partition coefficient (Wildman–Crippen LogP) is 3.35. The minimum Gasteiger partial charge on any atom is -0.302 e. The average Bonchev–Trinajstić information content (AvgIpc) is 2.82. The van der Waals surface area contributed by atoms with Crippen LogP contribution in [0.15, 0.2) is 54.2 Å². The van der Waals surface area contributed by atoms with Crippen molar-refractivity contribution >= 4 is 41.0 Å². The van der Waals surface area contributed by atoms with Gasteiger partial charge in [-0.15, -0.1) is 0 Å². The molecule has 0 unspecified atom stereocenters. The van der Waals surface area contributed by atoms with Gasteiger partial charge >= 0.3 is 6.03 Å². The molecule has 0 spiro atoms. The highest BCUT2D eigenvalue weighted by Crippen LogP contribution is 2.29. The third-order valence-electron chi connectivity index (χ3n) is 3.36. The molecule has 0 aliphatic carbocycles. The first-order valence-corrected chi connectivity index (χ1v) is 7.21. The van der Waals surface area contributed by atoms with Crippen LogP contribution in [0.3, 0.4) is 0 Å². The average molecular weight is 344 g/mol. The van der Waals surface area contributed by atoms with E-state index >= 15 is 0 Å². The van der Waals surface area contributed by atoms with Crippen LogP contribution in [-0.2, 0) is 4.79 Å². The molecule has 7 nitrogen and oxygen atoms in total. The molecule has 1 aliphatic rings. The van der Waals surface area contributed by atoms with Gasteiger partial charge in [-0.25, -0.2) is 9.69 Å². The number of hydrogen-bond acceptors (Lipinski definition) is 4. The van der Waals surface area contributed by atoms with Gasteiger partial charge < -0.3 is 5.32 Å². The molecule has 3 rings (SSSR count). The van der Waals surface area contributed by atoms with E-state index in [9.17, 15) is 19.7 Å². The Kier molecular flexibility index (Phi) is 4.01. The minimum atomic E-state index is -0.634. The van der Waals surface area contributed by atoms with E-state index in [0.717, 1.165) is 4.90 Å². The second-order valence-electron chi connectivity index (χ2n) is 4.93. The van der Waals surface area contributed by atoms with Crippen LogP contribution in [0.1, 0.15) is 5.56 Å². The van der Waals surface area contributed by atoms with Crippen LogP contribution in [0, 0.1) is 10.1 Å². The maximum atomic E-state index is 12.5. The lowest BCUT2D eigenvalue weighted by Crippen LogP contribution is -2.30. The van der Waals surface area contributed by atoms with Gasteiger partial charge in [0.25, 0.3) is 11.6 Å². The molecule has 120 valence electrons. The second kappa shape index (κ2) is 6.13. The van der Waals surface area contributed by atoms with Gasteiger partial charge in [-0.3, -0.25) is 14.9 Å². The van der Waals surface area contributed by atoms with E-state index in [4.69, 9.17) is 11.6 Å². The molecule has 1 heterocycles. The summed E-state index contributed by atoms with van der Waals surface area (Å²) in [7, 11) is 0. The Hall–Kier alpha value is -3.19. The van der Waals surface area contributed by atoms with Crippen molar-refractivity contribution in [2.24, 2.45) is 0 Å². The minimum absolute atomic E-state index is 0.0143. The fourth-order valence-corrected chi connectivity index (χ4v) is 2.50. The van der Waals surface area contributed by atoms with Gasteiger partial charge in [0.05, 0.1) is 15.6 Å². The summed E-state index contributed by atoms with van der Waals surface area (Å²) in [5.41, 5.74) is 0.600. The number of rotatable bonds is 3. The van der Waals surface area contributed by atoms with Gasteiger partial charge in [-0.05, 0) is 23.8 Å². The molecule has 1 saturated heterocycles. The van der Waals surface area contributed by atoms with Crippen LogP contribution in [-0.4, -0.2) is 16.9 Å². The summed E-state index contributed by atoms with van der Waals surface area (Å²) in [5.74, 6) is -0.584. The number of halogens is 1. The lowest BCUT2D eigenvalue weighted by Gasteiger charge is -2.13. The zero-order valence-corrected chi connectivity index (χ0v) is 12.9. The van der Waals surface area contributed by atoms with Crippen LogP contribution >= 0.6 is 11.6 Å². The standard InChI is InChI=1S/C16H10ClN3O4/c17-12-6-1-2-7-14(12)19-15(21)13(18-16(19)22)9-10-4-3-5-11(8-10)20(23)24/h1-9H,(H,18,22)/b13-9-. The van der Waals surface area contributed by atoms with E-state index in [1.165, 1.54) is 24.3 Å². The lowest BCUT2D eigenvalue weighted by atomic mass is 10.1. The van der Waals surface area contributed by atoms with E-state index in [-0.39, 0.29) is 22.1 Å². The first-order chi connectivity index (χ1) is 11.5. The number of amides is 3. The van der Waals surface area contributed by atoms with E-state index in [1.54, 1.807) is 30.3 Å². The Labute approximate surface area is 141 Å². The Bertz CT molecular complexity index is 894. The fraction of sp³-hybridized carbons (Fsp3) is 0. The number of benzene rings is 2. The zero-order valence-electron chi connectivity index (χ0n) is 12.1. The normalized spacial score (nSPS) is 15.7. The molecule has 1 aliphatic heterocycles. The molecule has 0 saturated carbocycles. The number of carbonyl (C=O) groups excluding carboxylic acids is 2. The smallest absolute Gasteiger partial charge is 0.302 e. The largest absolute Gasteiger partial charge is 0.333 e. The number of non-ortho nitro benzene ring substituents is 1. The molecule has 0 aromatic heterocycles. The van der Waals surface area contributed by atoms with E-state index < -0.39 is 16.9 Å². The first kappa shape index (κ1) is 15.7. The number of anilines is 1. The van der Waals surface area contributed by atoms with Crippen molar-refractivity contribution in [3.05, 3.63) is 74.9 Å². The molecule has 24 heavy (non-hydrogen) atoms. The molecule has 2 aromatic rings. The molecule has 0 atom stereocenters. The zero-order chi connectivity index (χ0) is 17.3. The Morgan fingerprint density at radius 3 is 2.58 bits per heavy atom. The second-order valence-corrected chi connectivity index (χ2v) is 5.34. The number of nitrogens with one attached hydrogen (secondary N) is 1. The van der Waals surface area contributed by atoms with Crippen LogP contribution in [0.25, 0.3) is 6.08 Å². The van der Waals surface area contributed by atoms with E-state index in [1.807, 2.05) is 0 Å². The number of imide groups is 1. The van der Waals surface area contributed by atoms with Crippen LogP contribution in [0.5, 0.6) is 0 Å². The van der Waals surface area contributed by atoms with Crippen LogP contribution in [0.4, 0.5) is 16.2 Å². The Morgan fingerprint density at radius 2 is 1.88 bits per heavy atom. The topological polar surface area (TPSA) is 92.5 Å². The number of para-hydroxylation sites is 1. The Morgan fingerprint density at radius 1 is 1.12 bits per heavy atom. The molecular formula is C16H10ClN3O4. The summed E-state index contributed by atoms with van der Waals surface area (Å²) in [6.07, 6.45) is 1.38. The highest BCUT2D eigenvalue weighted by atomic mass is 35.5. The molecule has 1 N–H and O–H groups in total. The van der Waals surface area contributed by atoms with E-state index in [0.29, 0.717) is 5.56 Å². The number of nitro groups is 1. The van der Waals surface area contributed by atoms with Crippen molar-refractivity contribution in [2.45, 2.75) is 0 Å². The summed E-state index contributed by atoms with van der Waals surface area (Å²) in [5, 5.41) is 13.5. The maximum absolute atomic E-state index is 12.5. The number of urea groups is 1. The monoisotopic (exact) mass is 343 g/mol. The third-order valence-corrected chi connectivity index (χ3v) is 3.68. The highest BCUT2D eigenvalue weighted by Gasteiger charge is 2.35. The molecule has 0 bridgehead atoms. The molecule has 3 amide bonds. The lowest BCUT2D eigenvalue weighted by molar-refractivity contribution is -0.384. The van der Waals surface area contributed by atoms with Crippen molar-refractivity contribution < 1.29 is 14.5 Å². The van der Waals surface area contributed by atoms with Gasteiger partial charge in [0.2, 0.25) is 0 Å². The van der Waals surface area contributed by atoms with Gasteiger partial charge in [0.15, 0.2) is 0 Å². The highest BCUT2D eigenvalue weighted by molar-refractivity contribution is 6.37. The Balaban J connectivity index is 1.96. The van der Waals surface area contributed by atoms with Crippen molar-refractivity contribution in [1.82, 2.24) is 5.32 Å². The molecule has 1 fully saturated rings. The molecule has 8 heteroatoms. The van der Waals surface area contributed by atoms with Crippen molar-refractivity contribution in [2.75, 3.05) is 4.90 Å². The first-order valence-electron chi connectivity index (χ1n) is 6.83. The third kappa shape index (κ3) is 2.84. The molecular weight excluding hydrogens is 334 g/mol. The quantitative estimate of drug-likeness (QED) is 0.400.